The summed E-state index contributed by atoms with van der Waals surface area (Å²) in [6, 6.07) is 17.8. The minimum Gasteiger partial charge on any atom is -0.323 e. The molecule has 0 aliphatic heterocycles. The number of hydrogen-bond acceptors (Lipinski definition) is 1. The highest BCUT2D eigenvalue weighted by molar-refractivity contribution is 5.42. The first kappa shape index (κ1) is 14.3. The third-order valence-corrected chi connectivity index (χ3v) is 5.07. The molecule has 0 bridgehead atoms. The van der Waals surface area contributed by atoms with E-state index in [2.05, 4.69) is 62.4 Å². The minimum atomic E-state index is 0.112. The summed E-state index contributed by atoms with van der Waals surface area (Å²) in [5.74, 6) is 0. The molecule has 2 aromatic carbocycles. The van der Waals surface area contributed by atoms with Gasteiger partial charge in [-0.3, -0.25) is 0 Å². The van der Waals surface area contributed by atoms with E-state index in [0.717, 1.165) is 12.8 Å². The summed E-state index contributed by atoms with van der Waals surface area (Å²) in [4.78, 5) is 0. The SMILES string of the molecule is CCc1ccc(CC)c(C(N)C2(c3ccccc3)CC2)c1. The van der Waals surface area contributed by atoms with Crippen LogP contribution in [0.2, 0.25) is 0 Å². The standard InChI is InChI=1S/C20H25N/c1-3-15-10-11-16(4-2)18(14-15)19(21)20(12-13-20)17-8-6-5-7-9-17/h5-11,14,19H,3-4,12-13,21H2,1-2H3. The van der Waals surface area contributed by atoms with Crippen molar-refractivity contribution in [3.05, 3.63) is 70.8 Å². The molecule has 1 aliphatic rings. The zero-order valence-electron chi connectivity index (χ0n) is 13.1. The molecule has 1 atom stereocenters. The lowest BCUT2D eigenvalue weighted by molar-refractivity contribution is 0.537. The Balaban J connectivity index is 2.00. The Bertz CT molecular complexity index is 611. The van der Waals surface area contributed by atoms with Crippen LogP contribution in [0.1, 0.15) is 55.0 Å². The fourth-order valence-electron chi connectivity index (χ4n) is 3.46. The van der Waals surface area contributed by atoms with E-state index in [1.54, 1.807) is 0 Å². The average Bonchev–Trinajstić information content (AvgIpc) is 3.36. The third kappa shape index (κ3) is 2.51. The van der Waals surface area contributed by atoms with Crippen LogP contribution in [0.25, 0.3) is 0 Å². The summed E-state index contributed by atoms with van der Waals surface area (Å²) in [7, 11) is 0. The molecule has 1 aliphatic carbocycles. The summed E-state index contributed by atoms with van der Waals surface area (Å²) in [5, 5.41) is 0. The number of benzene rings is 2. The van der Waals surface area contributed by atoms with E-state index in [-0.39, 0.29) is 11.5 Å². The van der Waals surface area contributed by atoms with Crippen LogP contribution in [0.3, 0.4) is 0 Å². The first-order valence-electron chi connectivity index (χ1n) is 8.14. The fraction of sp³-hybridized carbons (Fsp3) is 0.400. The van der Waals surface area contributed by atoms with Crippen molar-refractivity contribution in [3.63, 3.8) is 0 Å². The van der Waals surface area contributed by atoms with E-state index in [1.807, 2.05) is 0 Å². The number of aryl methyl sites for hydroxylation is 2. The lowest BCUT2D eigenvalue weighted by atomic mass is 9.81. The maximum atomic E-state index is 6.77. The Kier molecular flexibility index (Phi) is 3.86. The van der Waals surface area contributed by atoms with Gasteiger partial charge in [-0.15, -0.1) is 0 Å². The Morgan fingerprint density at radius 2 is 1.71 bits per heavy atom. The van der Waals surface area contributed by atoms with E-state index in [1.165, 1.54) is 35.1 Å². The zero-order valence-corrected chi connectivity index (χ0v) is 13.1. The lowest BCUT2D eigenvalue weighted by Crippen LogP contribution is -2.27. The van der Waals surface area contributed by atoms with Gasteiger partial charge in [-0.1, -0.05) is 62.4 Å². The predicted octanol–water partition coefficient (Wildman–Crippen LogP) is 4.54. The molecule has 0 spiro atoms. The van der Waals surface area contributed by atoms with Crippen LogP contribution in [0.5, 0.6) is 0 Å². The second-order valence-electron chi connectivity index (χ2n) is 6.24. The molecular formula is C20H25N. The van der Waals surface area contributed by atoms with Gasteiger partial charge < -0.3 is 5.73 Å². The summed E-state index contributed by atoms with van der Waals surface area (Å²) in [6.45, 7) is 4.43. The maximum Gasteiger partial charge on any atom is 0.0395 e. The largest absolute Gasteiger partial charge is 0.323 e. The number of nitrogens with two attached hydrogens (primary N) is 1. The predicted molar refractivity (Wildman–Crippen MR) is 89.5 cm³/mol. The van der Waals surface area contributed by atoms with E-state index in [9.17, 15) is 0 Å². The molecule has 1 heteroatoms. The molecule has 1 saturated carbocycles. The van der Waals surface area contributed by atoms with Crippen molar-refractivity contribution in [3.8, 4) is 0 Å². The lowest BCUT2D eigenvalue weighted by Gasteiger charge is -2.27. The summed E-state index contributed by atoms with van der Waals surface area (Å²) in [6.07, 6.45) is 4.54. The second-order valence-corrected chi connectivity index (χ2v) is 6.24. The highest BCUT2D eigenvalue weighted by Gasteiger charge is 2.50. The molecule has 21 heavy (non-hydrogen) atoms. The molecule has 0 heterocycles. The molecular weight excluding hydrogens is 254 g/mol. The van der Waals surface area contributed by atoms with Gasteiger partial charge in [-0.05, 0) is 47.9 Å². The smallest absolute Gasteiger partial charge is 0.0395 e. The van der Waals surface area contributed by atoms with Crippen molar-refractivity contribution < 1.29 is 0 Å². The molecule has 110 valence electrons. The third-order valence-electron chi connectivity index (χ3n) is 5.07. The Morgan fingerprint density at radius 1 is 1.00 bits per heavy atom. The van der Waals surface area contributed by atoms with Crippen LogP contribution >= 0.6 is 0 Å². The van der Waals surface area contributed by atoms with E-state index < -0.39 is 0 Å². The zero-order chi connectivity index (χ0) is 14.9. The highest BCUT2D eigenvalue weighted by Crippen LogP contribution is 2.55. The molecule has 0 saturated heterocycles. The molecule has 1 fully saturated rings. The molecule has 0 aromatic heterocycles. The van der Waals surface area contributed by atoms with Crippen molar-refractivity contribution in [2.45, 2.75) is 51.0 Å². The minimum absolute atomic E-state index is 0.112. The Morgan fingerprint density at radius 3 is 2.29 bits per heavy atom. The average molecular weight is 279 g/mol. The van der Waals surface area contributed by atoms with Crippen LogP contribution in [-0.2, 0) is 18.3 Å². The quantitative estimate of drug-likeness (QED) is 0.854. The van der Waals surface area contributed by atoms with Crippen LogP contribution in [-0.4, -0.2) is 0 Å². The maximum absolute atomic E-state index is 6.77. The monoisotopic (exact) mass is 279 g/mol. The van der Waals surface area contributed by atoms with E-state index >= 15 is 0 Å². The van der Waals surface area contributed by atoms with Crippen LogP contribution in [0.15, 0.2) is 48.5 Å². The van der Waals surface area contributed by atoms with Gasteiger partial charge in [0.2, 0.25) is 0 Å². The van der Waals surface area contributed by atoms with Crippen molar-refractivity contribution >= 4 is 0 Å². The first-order valence-corrected chi connectivity index (χ1v) is 8.14. The highest BCUT2D eigenvalue weighted by atomic mass is 14.7. The Labute approximate surface area is 128 Å². The molecule has 3 rings (SSSR count). The fourth-order valence-corrected chi connectivity index (χ4v) is 3.46. The number of hydrogen-bond donors (Lipinski definition) is 1. The van der Waals surface area contributed by atoms with Crippen molar-refractivity contribution in [2.24, 2.45) is 5.73 Å². The van der Waals surface area contributed by atoms with Gasteiger partial charge in [-0.25, -0.2) is 0 Å². The van der Waals surface area contributed by atoms with Crippen LogP contribution in [0, 0.1) is 0 Å². The molecule has 0 amide bonds. The molecule has 2 aromatic rings. The molecule has 0 radical (unpaired) electrons. The summed E-state index contributed by atoms with van der Waals surface area (Å²) < 4.78 is 0. The van der Waals surface area contributed by atoms with E-state index in [0.29, 0.717) is 0 Å². The molecule has 1 nitrogen and oxygen atoms in total. The molecule has 2 N–H and O–H groups in total. The summed E-state index contributed by atoms with van der Waals surface area (Å²) >= 11 is 0. The van der Waals surface area contributed by atoms with Crippen molar-refractivity contribution in [2.75, 3.05) is 0 Å². The Hall–Kier alpha value is -1.60. The summed E-state index contributed by atoms with van der Waals surface area (Å²) in [5.41, 5.74) is 12.5. The van der Waals surface area contributed by atoms with Gasteiger partial charge in [0, 0.05) is 11.5 Å². The van der Waals surface area contributed by atoms with Crippen molar-refractivity contribution in [1.29, 1.82) is 0 Å². The normalized spacial score (nSPS) is 17.5. The first-order chi connectivity index (χ1) is 10.2. The van der Waals surface area contributed by atoms with Gasteiger partial charge >= 0.3 is 0 Å². The van der Waals surface area contributed by atoms with Gasteiger partial charge in [0.1, 0.15) is 0 Å². The van der Waals surface area contributed by atoms with Crippen LogP contribution < -0.4 is 5.73 Å². The van der Waals surface area contributed by atoms with Gasteiger partial charge in [0.25, 0.3) is 0 Å². The second kappa shape index (κ2) is 5.65. The van der Waals surface area contributed by atoms with Gasteiger partial charge in [-0.2, -0.15) is 0 Å². The topological polar surface area (TPSA) is 26.0 Å². The van der Waals surface area contributed by atoms with E-state index in [4.69, 9.17) is 5.73 Å². The van der Waals surface area contributed by atoms with Crippen molar-refractivity contribution in [1.82, 2.24) is 0 Å². The molecule has 1 unspecified atom stereocenters. The number of rotatable bonds is 5. The van der Waals surface area contributed by atoms with Crippen LogP contribution in [0.4, 0.5) is 0 Å². The van der Waals surface area contributed by atoms with Gasteiger partial charge in [0.15, 0.2) is 0 Å². The van der Waals surface area contributed by atoms with Gasteiger partial charge in [0.05, 0.1) is 0 Å².